The summed E-state index contributed by atoms with van der Waals surface area (Å²) in [6.45, 7) is -0.392. The molecule has 0 spiro atoms. The summed E-state index contributed by atoms with van der Waals surface area (Å²) in [6.07, 6.45) is -1.58. The van der Waals surface area contributed by atoms with E-state index in [-0.39, 0.29) is 22.0 Å². The number of rotatable bonds is 6. The van der Waals surface area contributed by atoms with E-state index in [0.29, 0.717) is 47.6 Å². The Bertz CT molecular complexity index is 1340. The summed E-state index contributed by atoms with van der Waals surface area (Å²) >= 11 is 6.14. The Morgan fingerprint density at radius 2 is 1.80 bits per heavy atom. The standard InChI is InChI=1S/C25H17ClF5NO3/c26-17-10-21(20-3-1-2-19(20)14-6-15(24(33)34)8-18(27)7-14)23(32-11-17)35-12-13-4-5-16(9-22(13)28)25(29,30)31/h4-11H,1-3,12H2,(H,33,34). The number of aromatic carboxylic acids is 1. The molecule has 0 saturated heterocycles. The molecular formula is C25H17ClF5NO3. The minimum absolute atomic E-state index is 0.0676. The largest absolute Gasteiger partial charge is 0.478 e. The summed E-state index contributed by atoms with van der Waals surface area (Å²) < 4.78 is 72.5. The number of allylic oxidation sites excluding steroid dienone is 2. The number of hydrogen-bond donors (Lipinski definition) is 1. The third kappa shape index (κ3) is 5.45. The van der Waals surface area contributed by atoms with Crippen LogP contribution in [0.5, 0.6) is 5.88 Å². The van der Waals surface area contributed by atoms with Gasteiger partial charge in [0.15, 0.2) is 0 Å². The zero-order valence-electron chi connectivity index (χ0n) is 17.9. The second kappa shape index (κ2) is 9.65. The molecule has 0 atom stereocenters. The summed E-state index contributed by atoms with van der Waals surface area (Å²) in [7, 11) is 0. The molecule has 0 fully saturated rings. The number of hydrogen-bond acceptors (Lipinski definition) is 3. The summed E-state index contributed by atoms with van der Waals surface area (Å²) in [6, 6.07) is 7.27. The number of halogens is 6. The first-order chi connectivity index (χ1) is 16.5. The Balaban J connectivity index is 1.69. The number of carbonyl (C=O) groups is 1. The summed E-state index contributed by atoms with van der Waals surface area (Å²) in [4.78, 5) is 15.5. The monoisotopic (exact) mass is 509 g/mol. The van der Waals surface area contributed by atoms with Gasteiger partial charge in [0.1, 0.15) is 18.2 Å². The highest BCUT2D eigenvalue weighted by atomic mass is 35.5. The second-order valence-electron chi connectivity index (χ2n) is 7.94. The van der Waals surface area contributed by atoms with Crippen LogP contribution < -0.4 is 4.74 Å². The lowest BCUT2D eigenvalue weighted by Gasteiger charge is -2.15. The lowest BCUT2D eigenvalue weighted by molar-refractivity contribution is -0.137. The minimum Gasteiger partial charge on any atom is -0.478 e. The number of aromatic nitrogens is 1. The fraction of sp³-hybridized carbons (Fsp3) is 0.200. The molecule has 182 valence electrons. The van der Waals surface area contributed by atoms with E-state index >= 15 is 0 Å². The van der Waals surface area contributed by atoms with Gasteiger partial charge in [-0.1, -0.05) is 17.7 Å². The van der Waals surface area contributed by atoms with Crippen LogP contribution in [0.2, 0.25) is 5.02 Å². The normalized spacial score (nSPS) is 13.9. The fourth-order valence-corrected chi connectivity index (χ4v) is 4.15. The number of ether oxygens (including phenoxy) is 1. The lowest BCUT2D eigenvalue weighted by Crippen LogP contribution is -2.08. The number of carboxylic acid groups (broad SMARTS) is 1. The van der Waals surface area contributed by atoms with Crippen LogP contribution in [0.25, 0.3) is 11.1 Å². The molecule has 0 radical (unpaired) electrons. The third-order valence-corrected chi connectivity index (χ3v) is 5.81. The Morgan fingerprint density at radius 1 is 1.06 bits per heavy atom. The SMILES string of the molecule is O=C(O)c1cc(F)cc(C2=C(c3cc(Cl)cnc3OCc3ccc(C(F)(F)F)cc3F)CCC2)c1. The highest BCUT2D eigenvalue weighted by Gasteiger charge is 2.31. The smallest absolute Gasteiger partial charge is 0.416 e. The topological polar surface area (TPSA) is 59.4 Å². The van der Waals surface area contributed by atoms with Gasteiger partial charge in [0.05, 0.1) is 16.1 Å². The summed E-state index contributed by atoms with van der Waals surface area (Å²) in [5, 5.41) is 9.55. The number of alkyl halides is 3. The third-order valence-electron chi connectivity index (χ3n) is 5.60. The molecule has 0 amide bonds. The van der Waals surface area contributed by atoms with Crippen molar-refractivity contribution in [3.05, 3.63) is 93.1 Å². The molecule has 35 heavy (non-hydrogen) atoms. The van der Waals surface area contributed by atoms with Crippen molar-refractivity contribution in [3.8, 4) is 5.88 Å². The van der Waals surface area contributed by atoms with Gasteiger partial charge >= 0.3 is 12.1 Å². The number of benzene rings is 2. The van der Waals surface area contributed by atoms with Gasteiger partial charge in [-0.05, 0) is 72.4 Å². The lowest BCUT2D eigenvalue weighted by atomic mass is 9.96. The van der Waals surface area contributed by atoms with Crippen molar-refractivity contribution < 1.29 is 36.6 Å². The fourth-order valence-electron chi connectivity index (χ4n) is 3.99. The van der Waals surface area contributed by atoms with Gasteiger partial charge in [0, 0.05) is 17.3 Å². The molecule has 4 nitrogen and oxygen atoms in total. The van der Waals surface area contributed by atoms with E-state index in [9.17, 15) is 31.9 Å². The Morgan fingerprint density at radius 3 is 2.49 bits per heavy atom. The second-order valence-corrected chi connectivity index (χ2v) is 8.38. The van der Waals surface area contributed by atoms with Gasteiger partial charge in [-0.3, -0.25) is 0 Å². The van der Waals surface area contributed by atoms with E-state index in [4.69, 9.17) is 16.3 Å². The summed E-state index contributed by atoms with van der Waals surface area (Å²) in [5.74, 6) is -2.97. The number of carboxylic acids is 1. The molecular weight excluding hydrogens is 493 g/mol. The Labute approximate surface area is 201 Å². The zero-order chi connectivity index (χ0) is 25.3. The van der Waals surface area contributed by atoms with Gasteiger partial charge in [-0.2, -0.15) is 13.2 Å². The molecule has 0 aliphatic heterocycles. The molecule has 0 saturated carbocycles. The van der Waals surface area contributed by atoms with E-state index < -0.39 is 36.0 Å². The quantitative estimate of drug-likeness (QED) is 0.352. The van der Waals surface area contributed by atoms with Crippen molar-refractivity contribution in [2.45, 2.75) is 32.0 Å². The predicted octanol–water partition coefficient (Wildman–Crippen LogP) is 7.40. The minimum atomic E-state index is -4.67. The summed E-state index contributed by atoms with van der Waals surface area (Å²) in [5.41, 5.74) is 0.856. The van der Waals surface area contributed by atoms with Gasteiger partial charge in [0.25, 0.3) is 0 Å². The van der Waals surface area contributed by atoms with Gasteiger partial charge in [-0.25, -0.2) is 18.6 Å². The number of nitrogens with zero attached hydrogens (tertiary/aromatic N) is 1. The van der Waals surface area contributed by atoms with Crippen molar-refractivity contribution in [1.29, 1.82) is 0 Å². The molecule has 1 aliphatic carbocycles. The van der Waals surface area contributed by atoms with E-state index in [0.717, 1.165) is 18.2 Å². The highest BCUT2D eigenvalue weighted by Crippen LogP contribution is 2.43. The van der Waals surface area contributed by atoms with Gasteiger partial charge in [0.2, 0.25) is 5.88 Å². The van der Waals surface area contributed by atoms with E-state index in [1.165, 1.54) is 18.3 Å². The van der Waals surface area contributed by atoms with E-state index in [1.54, 1.807) is 6.07 Å². The van der Waals surface area contributed by atoms with Gasteiger partial charge in [-0.15, -0.1) is 0 Å². The molecule has 3 aromatic rings. The van der Waals surface area contributed by atoms with E-state index in [2.05, 4.69) is 4.98 Å². The van der Waals surface area contributed by atoms with Crippen molar-refractivity contribution >= 4 is 28.7 Å². The van der Waals surface area contributed by atoms with Crippen LogP contribution in [0.4, 0.5) is 22.0 Å². The molecule has 1 aliphatic rings. The maximum absolute atomic E-state index is 14.3. The average Bonchev–Trinajstić information content (AvgIpc) is 3.27. The highest BCUT2D eigenvalue weighted by molar-refractivity contribution is 6.30. The maximum Gasteiger partial charge on any atom is 0.416 e. The van der Waals surface area contributed by atoms with E-state index in [1.807, 2.05) is 0 Å². The molecule has 0 unspecified atom stereocenters. The Kier molecular flexibility index (Phi) is 6.80. The first-order valence-electron chi connectivity index (χ1n) is 10.4. The molecule has 2 aromatic carbocycles. The molecule has 0 bridgehead atoms. The Hall–Kier alpha value is -3.46. The zero-order valence-corrected chi connectivity index (χ0v) is 18.7. The van der Waals surface area contributed by atoms with Crippen LogP contribution in [0.1, 0.15) is 51.9 Å². The van der Waals surface area contributed by atoms with Crippen LogP contribution in [0.15, 0.2) is 48.7 Å². The molecule has 1 heterocycles. The molecule has 10 heteroatoms. The van der Waals surface area contributed by atoms with Crippen LogP contribution in [-0.2, 0) is 12.8 Å². The first-order valence-corrected chi connectivity index (χ1v) is 10.8. The molecule has 1 aromatic heterocycles. The maximum atomic E-state index is 14.3. The first kappa shape index (κ1) is 24.7. The van der Waals surface area contributed by atoms with Crippen LogP contribution in [0, 0.1) is 11.6 Å². The van der Waals surface area contributed by atoms with Crippen molar-refractivity contribution in [1.82, 2.24) is 4.98 Å². The van der Waals surface area contributed by atoms with Crippen molar-refractivity contribution in [3.63, 3.8) is 0 Å². The van der Waals surface area contributed by atoms with Crippen molar-refractivity contribution in [2.24, 2.45) is 0 Å². The average molecular weight is 510 g/mol. The van der Waals surface area contributed by atoms with Crippen LogP contribution in [0.3, 0.4) is 0 Å². The van der Waals surface area contributed by atoms with Crippen LogP contribution in [-0.4, -0.2) is 16.1 Å². The predicted molar refractivity (Wildman–Crippen MR) is 119 cm³/mol. The van der Waals surface area contributed by atoms with Crippen molar-refractivity contribution in [2.75, 3.05) is 0 Å². The molecule has 4 rings (SSSR count). The van der Waals surface area contributed by atoms with Crippen LogP contribution >= 0.6 is 11.6 Å². The number of pyridine rings is 1. The molecule has 1 N–H and O–H groups in total. The van der Waals surface area contributed by atoms with Gasteiger partial charge < -0.3 is 9.84 Å².